The van der Waals surface area contributed by atoms with Gasteiger partial charge in [0.25, 0.3) is 0 Å². The number of nitrogens with zero attached hydrogens (tertiary/aromatic N) is 4. The predicted octanol–water partition coefficient (Wildman–Crippen LogP) is 1.69. The molecule has 2 heterocycles. The highest BCUT2D eigenvalue weighted by Gasteiger charge is 2.31. The van der Waals surface area contributed by atoms with E-state index < -0.39 is 19.9 Å². The minimum atomic E-state index is -3.40. The number of amides is 1. The van der Waals surface area contributed by atoms with Crippen molar-refractivity contribution in [3.05, 3.63) is 29.8 Å². The third kappa shape index (κ3) is 9.02. The van der Waals surface area contributed by atoms with E-state index in [4.69, 9.17) is 0 Å². The number of sulfonamides is 1. The zero-order valence-corrected chi connectivity index (χ0v) is 24.3. The topological polar surface area (TPSA) is 98.3 Å². The largest absolute Gasteiger partial charge is 0.340 e. The summed E-state index contributed by atoms with van der Waals surface area (Å²) in [5, 5.41) is 0. The Hall–Kier alpha value is -1.53. The van der Waals surface area contributed by atoms with Crippen LogP contribution in [0, 0.1) is 0 Å². The minimum Gasteiger partial charge on any atom is -0.340 e. The molecule has 0 spiro atoms. The number of sulfone groups is 1. The van der Waals surface area contributed by atoms with Crippen molar-refractivity contribution >= 4 is 25.8 Å². The summed E-state index contributed by atoms with van der Waals surface area (Å²) in [6.07, 6.45) is 6.15. The van der Waals surface area contributed by atoms with E-state index in [1.165, 1.54) is 10.6 Å². The molecule has 0 radical (unpaired) electrons. The van der Waals surface area contributed by atoms with E-state index in [1.54, 1.807) is 17.0 Å². The molecule has 2 fully saturated rings. The van der Waals surface area contributed by atoms with Gasteiger partial charge < -0.3 is 14.7 Å². The molecule has 1 aromatic carbocycles. The zero-order valence-electron chi connectivity index (χ0n) is 22.6. The van der Waals surface area contributed by atoms with E-state index in [-0.39, 0.29) is 18.2 Å². The van der Waals surface area contributed by atoms with Gasteiger partial charge in [0.2, 0.25) is 15.9 Å². The summed E-state index contributed by atoms with van der Waals surface area (Å²) >= 11 is 0. The number of carbonyl (C=O) groups is 1. The molecule has 2 aliphatic rings. The smallest absolute Gasteiger partial charge is 0.237 e. The Morgan fingerprint density at radius 1 is 0.946 bits per heavy atom. The van der Waals surface area contributed by atoms with Crippen LogP contribution in [-0.4, -0.2) is 119 Å². The molecule has 0 N–H and O–H groups in total. The number of carbonyl (C=O) groups excluding carboxylic acids is 1. The van der Waals surface area contributed by atoms with E-state index in [0.29, 0.717) is 37.1 Å². The van der Waals surface area contributed by atoms with Crippen LogP contribution >= 0.6 is 0 Å². The van der Waals surface area contributed by atoms with Crippen LogP contribution in [0.15, 0.2) is 29.2 Å². The zero-order chi connectivity index (χ0) is 27.1. The Morgan fingerprint density at radius 3 is 2.22 bits per heavy atom. The molecular weight excluding hydrogens is 512 g/mol. The van der Waals surface area contributed by atoms with Gasteiger partial charge in [-0.25, -0.2) is 16.8 Å². The third-order valence-electron chi connectivity index (χ3n) is 7.58. The number of hydrogen-bond acceptors (Lipinski definition) is 7. The molecule has 0 aromatic heterocycles. The standard InChI is InChI=1S/C26H44N4O5S2/c1-4-28(23(2)21-24-9-11-25(12-10-24)36(3,32)33)15-7-8-16-29-17-18-30(22-26(29)31)37(34,35)20-19-27-13-5-6-14-27/h9-12,23H,4-8,13-22H2,1-3H3. The number of likely N-dealkylation sites (N-methyl/N-ethyl adjacent to an activating group) is 1. The van der Waals surface area contributed by atoms with Gasteiger partial charge in [-0.1, -0.05) is 19.1 Å². The predicted molar refractivity (Wildman–Crippen MR) is 147 cm³/mol. The van der Waals surface area contributed by atoms with Crippen molar-refractivity contribution in [1.82, 2.24) is 19.0 Å². The van der Waals surface area contributed by atoms with Gasteiger partial charge in [-0.05, 0) is 82.9 Å². The van der Waals surface area contributed by atoms with Crippen molar-refractivity contribution in [3.63, 3.8) is 0 Å². The normalized spacial score (nSPS) is 19.1. The number of benzene rings is 1. The van der Waals surface area contributed by atoms with Gasteiger partial charge in [-0.2, -0.15) is 4.31 Å². The van der Waals surface area contributed by atoms with Crippen molar-refractivity contribution in [3.8, 4) is 0 Å². The van der Waals surface area contributed by atoms with Crippen LogP contribution in [-0.2, 0) is 31.1 Å². The van der Waals surface area contributed by atoms with Crippen LogP contribution < -0.4 is 0 Å². The summed E-state index contributed by atoms with van der Waals surface area (Å²) in [5.74, 6) is -0.0121. The quantitative estimate of drug-likeness (QED) is 0.322. The second kappa shape index (κ2) is 13.5. The van der Waals surface area contributed by atoms with Gasteiger partial charge in [0.15, 0.2) is 9.84 Å². The molecule has 2 aliphatic heterocycles. The van der Waals surface area contributed by atoms with Crippen LogP contribution in [0.4, 0.5) is 0 Å². The first kappa shape index (κ1) is 30.0. The molecule has 1 amide bonds. The fourth-order valence-corrected chi connectivity index (χ4v) is 7.24. The summed E-state index contributed by atoms with van der Waals surface area (Å²) in [6, 6.07) is 7.42. The van der Waals surface area contributed by atoms with Crippen molar-refractivity contribution in [2.75, 3.05) is 70.9 Å². The lowest BCUT2D eigenvalue weighted by Crippen LogP contribution is -2.53. The molecule has 1 aromatic rings. The Balaban J connectivity index is 1.38. The van der Waals surface area contributed by atoms with Crippen molar-refractivity contribution in [2.24, 2.45) is 0 Å². The highest BCUT2D eigenvalue weighted by Crippen LogP contribution is 2.16. The highest BCUT2D eigenvalue weighted by molar-refractivity contribution is 7.90. The number of rotatable bonds is 14. The van der Waals surface area contributed by atoms with Gasteiger partial charge in [-0.3, -0.25) is 4.79 Å². The number of hydrogen-bond donors (Lipinski definition) is 0. The minimum absolute atomic E-state index is 0.0431. The molecule has 1 atom stereocenters. The lowest BCUT2D eigenvalue weighted by Gasteiger charge is -2.34. The van der Waals surface area contributed by atoms with E-state index >= 15 is 0 Å². The van der Waals surface area contributed by atoms with E-state index in [2.05, 4.69) is 23.6 Å². The monoisotopic (exact) mass is 556 g/mol. The first-order valence-corrected chi connectivity index (χ1v) is 17.0. The van der Waals surface area contributed by atoms with Gasteiger partial charge in [0, 0.05) is 38.5 Å². The number of piperazine rings is 1. The SMILES string of the molecule is CCN(CCCCN1CCN(S(=O)(=O)CCN2CCCC2)CC1=O)C(C)Cc1ccc(S(C)(=O)=O)cc1. The van der Waals surface area contributed by atoms with Crippen LogP contribution in [0.3, 0.4) is 0 Å². The Bertz CT molecular complexity index is 1090. The molecular formula is C26H44N4O5S2. The molecule has 9 nitrogen and oxygen atoms in total. The van der Waals surface area contributed by atoms with Gasteiger partial charge in [0.05, 0.1) is 17.2 Å². The molecule has 3 rings (SSSR count). The lowest BCUT2D eigenvalue weighted by molar-refractivity contribution is -0.134. The molecule has 1 unspecified atom stereocenters. The average molecular weight is 557 g/mol. The maximum Gasteiger partial charge on any atom is 0.237 e. The van der Waals surface area contributed by atoms with Crippen LogP contribution in [0.25, 0.3) is 0 Å². The molecule has 210 valence electrons. The highest BCUT2D eigenvalue weighted by atomic mass is 32.2. The maximum atomic E-state index is 12.7. The lowest BCUT2D eigenvalue weighted by atomic mass is 10.1. The second-order valence-electron chi connectivity index (χ2n) is 10.4. The van der Waals surface area contributed by atoms with Crippen LogP contribution in [0.2, 0.25) is 0 Å². The molecule has 11 heteroatoms. The Labute approximate surface area is 223 Å². The second-order valence-corrected chi connectivity index (χ2v) is 14.5. The summed E-state index contributed by atoms with van der Waals surface area (Å²) in [7, 11) is -6.59. The first-order chi connectivity index (χ1) is 17.5. The van der Waals surface area contributed by atoms with Gasteiger partial charge in [0.1, 0.15) is 0 Å². The van der Waals surface area contributed by atoms with Gasteiger partial charge in [-0.15, -0.1) is 0 Å². The summed E-state index contributed by atoms with van der Waals surface area (Å²) in [4.78, 5) is 19.4. The fraction of sp³-hybridized carbons (Fsp3) is 0.731. The molecule has 37 heavy (non-hydrogen) atoms. The average Bonchev–Trinajstić information content (AvgIpc) is 3.37. The van der Waals surface area contributed by atoms with E-state index in [9.17, 15) is 21.6 Å². The molecule has 0 saturated carbocycles. The number of likely N-dealkylation sites (tertiary alicyclic amines) is 1. The molecule has 0 bridgehead atoms. The summed E-state index contributed by atoms with van der Waals surface area (Å²) < 4.78 is 50.1. The fourth-order valence-electron chi connectivity index (χ4n) is 5.19. The van der Waals surface area contributed by atoms with Crippen molar-refractivity contribution in [2.45, 2.75) is 56.9 Å². The Morgan fingerprint density at radius 2 is 1.62 bits per heavy atom. The van der Waals surface area contributed by atoms with Crippen LogP contribution in [0.1, 0.15) is 45.1 Å². The summed E-state index contributed by atoms with van der Waals surface area (Å²) in [5.41, 5.74) is 1.11. The van der Waals surface area contributed by atoms with Gasteiger partial charge >= 0.3 is 0 Å². The Kier molecular flexibility index (Phi) is 11.0. The first-order valence-electron chi connectivity index (χ1n) is 13.5. The van der Waals surface area contributed by atoms with Crippen molar-refractivity contribution < 1.29 is 21.6 Å². The number of unbranched alkanes of at least 4 members (excludes halogenated alkanes) is 1. The summed E-state index contributed by atoms with van der Waals surface area (Å²) in [6.45, 7) is 10.1. The molecule has 0 aliphatic carbocycles. The van der Waals surface area contributed by atoms with E-state index in [0.717, 1.165) is 63.8 Å². The third-order valence-corrected chi connectivity index (χ3v) is 10.5. The van der Waals surface area contributed by atoms with Crippen molar-refractivity contribution in [1.29, 1.82) is 0 Å². The van der Waals surface area contributed by atoms with E-state index in [1.807, 2.05) is 12.1 Å². The maximum absolute atomic E-state index is 12.7. The molecule has 2 saturated heterocycles. The van der Waals surface area contributed by atoms with Crippen LogP contribution in [0.5, 0.6) is 0 Å².